The molecule has 0 aromatic heterocycles. The molecule has 1 heterocycles. The molecule has 5 nitrogen and oxygen atoms in total. The molecule has 1 aliphatic heterocycles. The molecule has 22 heavy (non-hydrogen) atoms. The lowest BCUT2D eigenvalue weighted by atomic mass is 9.94. The summed E-state index contributed by atoms with van der Waals surface area (Å²) in [6, 6.07) is 0. The van der Waals surface area contributed by atoms with Crippen molar-refractivity contribution in [2.75, 3.05) is 0 Å². The number of rotatable bonds is 0. The van der Waals surface area contributed by atoms with Gasteiger partial charge in [0.15, 0.2) is 0 Å². The van der Waals surface area contributed by atoms with Crippen LogP contribution in [0.25, 0.3) is 0 Å². The van der Waals surface area contributed by atoms with E-state index in [9.17, 15) is 4.79 Å². The second-order valence-corrected chi connectivity index (χ2v) is 8.76. The zero-order valence-electron chi connectivity index (χ0n) is 15.4. The van der Waals surface area contributed by atoms with Crippen LogP contribution in [0.5, 0.6) is 0 Å². The summed E-state index contributed by atoms with van der Waals surface area (Å²) in [4.78, 5) is 34.6. The van der Waals surface area contributed by atoms with Crippen molar-refractivity contribution in [2.24, 2.45) is 0 Å². The topological polar surface area (TPSA) is 54.0 Å². The first-order valence-electron chi connectivity index (χ1n) is 7.98. The maximum Gasteiger partial charge on any atom is 0.138 e. The molecule has 0 amide bonds. The Kier molecular flexibility index (Phi) is 5.83. The Bertz CT molecular complexity index is 360. The standard InChI is InChI=1S/C17H32O5/c1-14(2)9-10-15(3,4)20-22-17(7,8)12-13(18)11-16(5,6)21-19-14/h9-12H2,1-8H3. The lowest BCUT2D eigenvalue weighted by molar-refractivity contribution is -0.410. The number of hydrogen-bond donors (Lipinski definition) is 0. The van der Waals surface area contributed by atoms with Crippen LogP contribution in [0.2, 0.25) is 0 Å². The van der Waals surface area contributed by atoms with Crippen LogP contribution in [0.1, 0.15) is 81.1 Å². The molecule has 5 heteroatoms. The number of carbonyl (C=O) groups excluding carboxylic acids is 1. The molecule has 0 saturated carbocycles. The third-order valence-corrected chi connectivity index (χ3v) is 3.56. The van der Waals surface area contributed by atoms with Gasteiger partial charge < -0.3 is 0 Å². The van der Waals surface area contributed by atoms with Crippen molar-refractivity contribution in [2.45, 2.75) is 103 Å². The van der Waals surface area contributed by atoms with Gasteiger partial charge in [-0.2, -0.15) is 0 Å². The molecule has 0 atom stereocenters. The molecule has 0 radical (unpaired) electrons. The minimum absolute atomic E-state index is 0.0528. The van der Waals surface area contributed by atoms with Gasteiger partial charge in [-0.3, -0.25) is 4.79 Å². The number of Topliss-reactive ketones (excluding diaryl/α,β-unsaturated/α-hetero) is 1. The molecule has 0 aliphatic carbocycles. The molecule has 1 saturated heterocycles. The van der Waals surface area contributed by atoms with Crippen molar-refractivity contribution in [3.8, 4) is 0 Å². The zero-order chi connectivity index (χ0) is 17.2. The molecule has 0 bridgehead atoms. The van der Waals surface area contributed by atoms with Crippen molar-refractivity contribution in [3.05, 3.63) is 0 Å². The summed E-state index contributed by atoms with van der Waals surface area (Å²) in [5, 5.41) is 0. The Morgan fingerprint density at radius 3 is 1.18 bits per heavy atom. The van der Waals surface area contributed by atoms with Crippen molar-refractivity contribution in [1.82, 2.24) is 0 Å². The third kappa shape index (κ3) is 7.18. The zero-order valence-corrected chi connectivity index (χ0v) is 15.4. The van der Waals surface area contributed by atoms with Crippen LogP contribution in [0.3, 0.4) is 0 Å². The minimum Gasteiger partial charge on any atom is -0.299 e. The molecule has 0 aromatic rings. The van der Waals surface area contributed by atoms with Gasteiger partial charge in [-0.1, -0.05) is 0 Å². The normalized spacial score (nSPS) is 29.0. The quantitative estimate of drug-likeness (QED) is 0.629. The highest BCUT2D eigenvalue weighted by molar-refractivity contribution is 5.80. The van der Waals surface area contributed by atoms with Gasteiger partial charge in [0.2, 0.25) is 0 Å². The Hall–Kier alpha value is -0.490. The van der Waals surface area contributed by atoms with Gasteiger partial charge in [-0.25, -0.2) is 19.6 Å². The Morgan fingerprint density at radius 1 is 0.591 bits per heavy atom. The Balaban J connectivity index is 2.92. The highest BCUT2D eigenvalue weighted by Crippen LogP contribution is 2.31. The summed E-state index contributed by atoms with van der Waals surface area (Å²) in [7, 11) is 0. The molecule has 130 valence electrons. The largest absolute Gasteiger partial charge is 0.299 e. The highest BCUT2D eigenvalue weighted by atomic mass is 17.2. The average molecular weight is 316 g/mol. The summed E-state index contributed by atoms with van der Waals surface area (Å²) >= 11 is 0. The van der Waals surface area contributed by atoms with E-state index in [1.54, 1.807) is 0 Å². The van der Waals surface area contributed by atoms with Crippen LogP contribution in [-0.2, 0) is 24.3 Å². The molecule has 1 aliphatic rings. The van der Waals surface area contributed by atoms with Gasteiger partial charge in [0.1, 0.15) is 17.0 Å². The first-order valence-corrected chi connectivity index (χ1v) is 7.98. The van der Waals surface area contributed by atoms with Gasteiger partial charge in [0.05, 0.1) is 11.2 Å². The fourth-order valence-corrected chi connectivity index (χ4v) is 2.21. The van der Waals surface area contributed by atoms with E-state index in [1.807, 2.05) is 55.4 Å². The van der Waals surface area contributed by atoms with Crippen LogP contribution in [0.15, 0.2) is 0 Å². The van der Waals surface area contributed by atoms with Gasteiger partial charge in [0.25, 0.3) is 0 Å². The van der Waals surface area contributed by atoms with E-state index in [1.165, 1.54) is 0 Å². The molecule has 1 rings (SSSR count). The lowest BCUT2D eigenvalue weighted by Gasteiger charge is -2.32. The molecule has 0 aromatic carbocycles. The van der Waals surface area contributed by atoms with Gasteiger partial charge in [0, 0.05) is 12.8 Å². The summed E-state index contributed by atoms with van der Waals surface area (Å²) in [6.45, 7) is 15.3. The van der Waals surface area contributed by atoms with Crippen LogP contribution in [0, 0.1) is 0 Å². The molecule has 1 fully saturated rings. The summed E-state index contributed by atoms with van der Waals surface area (Å²) in [6.07, 6.45) is 2.01. The SMILES string of the molecule is CC1(C)CCC(C)(C)OOC(C)(C)CC(=O)CC(C)(C)OO1. The maximum absolute atomic E-state index is 12.3. The first-order chi connectivity index (χ1) is 9.72. The van der Waals surface area contributed by atoms with E-state index in [4.69, 9.17) is 19.6 Å². The predicted octanol–water partition coefficient (Wildman–Crippen LogP) is 4.14. The van der Waals surface area contributed by atoms with Gasteiger partial charge >= 0.3 is 0 Å². The lowest BCUT2D eigenvalue weighted by Crippen LogP contribution is -2.35. The van der Waals surface area contributed by atoms with Crippen LogP contribution in [0.4, 0.5) is 0 Å². The van der Waals surface area contributed by atoms with Crippen molar-refractivity contribution in [3.63, 3.8) is 0 Å². The van der Waals surface area contributed by atoms with E-state index in [2.05, 4.69) is 0 Å². The van der Waals surface area contributed by atoms with Crippen molar-refractivity contribution >= 4 is 5.78 Å². The molecular formula is C17H32O5. The molecular weight excluding hydrogens is 284 g/mol. The van der Waals surface area contributed by atoms with Gasteiger partial charge in [-0.15, -0.1) is 0 Å². The molecule has 0 N–H and O–H groups in total. The number of ketones is 1. The van der Waals surface area contributed by atoms with Gasteiger partial charge in [-0.05, 0) is 68.2 Å². The smallest absolute Gasteiger partial charge is 0.138 e. The summed E-state index contributed by atoms with van der Waals surface area (Å²) in [5.74, 6) is 0.0528. The second kappa shape index (κ2) is 6.56. The van der Waals surface area contributed by atoms with Crippen molar-refractivity contribution < 1.29 is 24.3 Å². The number of hydrogen-bond acceptors (Lipinski definition) is 5. The molecule has 0 spiro atoms. The second-order valence-electron chi connectivity index (χ2n) is 8.76. The third-order valence-electron chi connectivity index (χ3n) is 3.56. The van der Waals surface area contributed by atoms with Crippen LogP contribution in [-0.4, -0.2) is 28.2 Å². The summed E-state index contributed by atoms with van der Waals surface area (Å²) < 4.78 is 0. The van der Waals surface area contributed by atoms with Crippen LogP contribution < -0.4 is 0 Å². The van der Waals surface area contributed by atoms with E-state index < -0.39 is 22.4 Å². The van der Waals surface area contributed by atoms with E-state index >= 15 is 0 Å². The average Bonchev–Trinajstić information content (AvgIpc) is 2.31. The minimum atomic E-state index is -0.672. The number of carbonyl (C=O) groups is 1. The Labute approximate surface area is 134 Å². The maximum atomic E-state index is 12.3. The first kappa shape index (κ1) is 19.6. The Morgan fingerprint density at radius 2 is 0.864 bits per heavy atom. The fraction of sp³-hybridized carbons (Fsp3) is 0.941. The summed E-state index contributed by atoms with van der Waals surface area (Å²) in [5.41, 5.74) is -2.28. The van der Waals surface area contributed by atoms with Crippen LogP contribution >= 0.6 is 0 Å². The molecule has 0 unspecified atom stereocenters. The predicted molar refractivity (Wildman–Crippen MR) is 84.1 cm³/mol. The fourth-order valence-electron chi connectivity index (χ4n) is 2.21. The van der Waals surface area contributed by atoms with Crippen molar-refractivity contribution in [1.29, 1.82) is 0 Å². The van der Waals surface area contributed by atoms with E-state index in [0.717, 1.165) is 12.8 Å². The van der Waals surface area contributed by atoms with E-state index in [-0.39, 0.29) is 18.6 Å². The highest BCUT2D eigenvalue weighted by Gasteiger charge is 2.35. The monoisotopic (exact) mass is 316 g/mol. The van der Waals surface area contributed by atoms with E-state index in [0.29, 0.717) is 0 Å².